The first-order valence-corrected chi connectivity index (χ1v) is 13.4. The molecule has 1 amide bonds. The second kappa shape index (κ2) is 11.8. The molecule has 2 heterocycles. The molecule has 2 aromatic carbocycles. The fraction of sp³-hybridized carbons (Fsp3) is 0.440. The highest BCUT2D eigenvalue weighted by atomic mass is 32.2. The summed E-state index contributed by atoms with van der Waals surface area (Å²) in [6, 6.07) is 13.8. The quantitative estimate of drug-likeness (QED) is 0.369. The van der Waals surface area contributed by atoms with Crippen LogP contribution in [-0.4, -0.2) is 67.5 Å². The van der Waals surface area contributed by atoms with Crippen molar-refractivity contribution in [3.63, 3.8) is 0 Å². The van der Waals surface area contributed by atoms with Crippen molar-refractivity contribution in [3.8, 4) is 5.75 Å². The van der Waals surface area contributed by atoms with E-state index in [-0.39, 0.29) is 5.91 Å². The standard InChI is InChI=1S/C25H31N3O3S2/c1-3-31-21-7-5-8-22-23(21)26-25(33-22)28(14-6-13-27-15-17-30-18-16-27)24(29)19-9-11-20(12-10-19)32-4-2/h5,7-12H,3-4,6,13-18H2,1-2H3. The molecule has 8 heteroatoms. The molecular weight excluding hydrogens is 454 g/mol. The van der Waals surface area contributed by atoms with Crippen molar-refractivity contribution in [3.05, 3.63) is 48.0 Å². The zero-order valence-electron chi connectivity index (χ0n) is 19.3. The third-order valence-corrected chi connectivity index (χ3v) is 7.46. The summed E-state index contributed by atoms with van der Waals surface area (Å²) in [7, 11) is 0. The molecule has 3 aromatic rings. The number of benzene rings is 2. The minimum Gasteiger partial charge on any atom is -0.492 e. The van der Waals surface area contributed by atoms with Crippen molar-refractivity contribution in [1.82, 2.24) is 9.88 Å². The van der Waals surface area contributed by atoms with Gasteiger partial charge in [0.05, 0.1) is 24.5 Å². The van der Waals surface area contributed by atoms with Crippen LogP contribution in [0.5, 0.6) is 5.75 Å². The van der Waals surface area contributed by atoms with Gasteiger partial charge in [0.15, 0.2) is 5.13 Å². The fourth-order valence-corrected chi connectivity index (χ4v) is 5.55. The smallest absolute Gasteiger partial charge is 0.260 e. The molecule has 4 rings (SSSR count). The number of carbonyl (C=O) groups is 1. The molecule has 1 aliphatic heterocycles. The summed E-state index contributed by atoms with van der Waals surface area (Å²) in [5.74, 6) is 1.76. The molecule has 1 saturated heterocycles. The lowest BCUT2D eigenvalue weighted by atomic mass is 10.2. The van der Waals surface area contributed by atoms with Gasteiger partial charge in [-0.1, -0.05) is 24.3 Å². The number of carbonyl (C=O) groups excluding carboxylic acids is 1. The highest BCUT2D eigenvalue weighted by molar-refractivity contribution is 7.99. The van der Waals surface area contributed by atoms with Crippen molar-refractivity contribution in [2.45, 2.75) is 25.2 Å². The zero-order valence-corrected chi connectivity index (χ0v) is 20.9. The second-order valence-electron chi connectivity index (χ2n) is 7.75. The third-order valence-electron chi connectivity index (χ3n) is 5.52. The molecule has 0 saturated carbocycles. The number of hydrogen-bond donors (Lipinski definition) is 0. The van der Waals surface area contributed by atoms with Gasteiger partial charge in [0.25, 0.3) is 5.91 Å². The number of anilines is 1. The Kier molecular flexibility index (Phi) is 8.61. The Hall–Kier alpha value is -2.13. The summed E-state index contributed by atoms with van der Waals surface area (Å²) in [6.45, 7) is 9.69. The van der Waals surface area contributed by atoms with Crippen molar-refractivity contribution in [2.24, 2.45) is 0 Å². The van der Waals surface area contributed by atoms with Crippen LogP contribution < -0.4 is 9.64 Å². The number of rotatable bonds is 10. The lowest BCUT2D eigenvalue weighted by Gasteiger charge is -2.27. The number of thioether (sulfide) groups is 1. The van der Waals surface area contributed by atoms with Crippen LogP contribution in [0.3, 0.4) is 0 Å². The van der Waals surface area contributed by atoms with Gasteiger partial charge in [-0.25, -0.2) is 4.98 Å². The van der Waals surface area contributed by atoms with Gasteiger partial charge in [-0.15, -0.1) is 11.8 Å². The zero-order chi connectivity index (χ0) is 23.0. The van der Waals surface area contributed by atoms with E-state index in [4.69, 9.17) is 14.5 Å². The summed E-state index contributed by atoms with van der Waals surface area (Å²) in [6.07, 6.45) is 0.879. The highest BCUT2D eigenvalue weighted by Gasteiger charge is 2.23. The van der Waals surface area contributed by atoms with Crippen molar-refractivity contribution in [2.75, 3.05) is 56.7 Å². The predicted octanol–water partition coefficient (Wildman–Crippen LogP) is 5.18. The van der Waals surface area contributed by atoms with Crippen LogP contribution in [-0.2, 0) is 4.74 Å². The summed E-state index contributed by atoms with van der Waals surface area (Å²) < 4.78 is 12.3. The summed E-state index contributed by atoms with van der Waals surface area (Å²) in [5.41, 5.74) is 1.51. The van der Waals surface area contributed by atoms with Crippen LogP contribution in [0.25, 0.3) is 10.2 Å². The summed E-state index contributed by atoms with van der Waals surface area (Å²) in [4.78, 5) is 23.9. The van der Waals surface area contributed by atoms with E-state index in [1.54, 1.807) is 23.1 Å². The van der Waals surface area contributed by atoms with Gasteiger partial charge in [0.2, 0.25) is 0 Å². The van der Waals surface area contributed by atoms with E-state index in [1.165, 1.54) is 4.90 Å². The molecule has 1 fully saturated rings. The minimum absolute atomic E-state index is 0.0120. The topological polar surface area (TPSA) is 54.9 Å². The molecule has 0 N–H and O–H groups in total. The Morgan fingerprint density at radius 3 is 2.70 bits per heavy atom. The van der Waals surface area contributed by atoms with E-state index in [0.29, 0.717) is 18.7 Å². The minimum atomic E-state index is -0.0120. The molecule has 176 valence electrons. The Bertz CT molecular complexity index is 1050. The molecule has 1 aliphatic rings. The van der Waals surface area contributed by atoms with E-state index in [2.05, 4.69) is 11.8 Å². The highest BCUT2D eigenvalue weighted by Crippen LogP contribution is 2.35. The van der Waals surface area contributed by atoms with E-state index >= 15 is 0 Å². The third kappa shape index (κ3) is 6.06. The lowest BCUT2D eigenvalue weighted by molar-refractivity contribution is 0.0376. The summed E-state index contributed by atoms with van der Waals surface area (Å²) in [5, 5.41) is 0.719. The number of fused-ring (bicyclic) bond motifs is 1. The molecule has 0 bridgehead atoms. The molecular formula is C25H31N3O3S2. The molecule has 0 spiro atoms. The van der Waals surface area contributed by atoms with Gasteiger partial charge in [-0.2, -0.15) is 0 Å². The van der Waals surface area contributed by atoms with Gasteiger partial charge in [-0.05, 0) is 55.5 Å². The van der Waals surface area contributed by atoms with Gasteiger partial charge >= 0.3 is 0 Å². The molecule has 6 nitrogen and oxygen atoms in total. The Balaban J connectivity index is 1.58. The monoisotopic (exact) mass is 485 g/mol. The van der Waals surface area contributed by atoms with Crippen LogP contribution in [0.4, 0.5) is 5.13 Å². The first kappa shape index (κ1) is 24.0. The first-order valence-electron chi connectivity index (χ1n) is 11.6. The Morgan fingerprint density at radius 2 is 1.97 bits per heavy atom. The van der Waals surface area contributed by atoms with Crippen LogP contribution in [0, 0.1) is 0 Å². The number of para-hydroxylation sites is 1. The van der Waals surface area contributed by atoms with E-state index in [9.17, 15) is 4.79 Å². The number of aromatic nitrogens is 1. The van der Waals surface area contributed by atoms with Crippen LogP contribution in [0.15, 0.2) is 47.4 Å². The summed E-state index contributed by atoms with van der Waals surface area (Å²) >= 11 is 3.32. The van der Waals surface area contributed by atoms with Crippen LogP contribution in [0.1, 0.15) is 30.6 Å². The number of ether oxygens (including phenoxy) is 2. The van der Waals surface area contributed by atoms with Gasteiger partial charge in [0, 0.05) is 36.6 Å². The van der Waals surface area contributed by atoms with Crippen LogP contribution >= 0.6 is 23.1 Å². The number of morpholine rings is 1. The number of nitrogens with zero attached hydrogens (tertiary/aromatic N) is 3. The maximum Gasteiger partial charge on any atom is 0.260 e. The molecule has 33 heavy (non-hydrogen) atoms. The molecule has 0 radical (unpaired) electrons. The lowest BCUT2D eigenvalue weighted by Crippen LogP contribution is -2.39. The number of thiazole rings is 1. The van der Waals surface area contributed by atoms with Crippen molar-refractivity contribution < 1.29 is 14.3 Å². The second-order valence-corrected chi connectivity index (χ2v) is 10.1. The Labute approximate surface area is 203 Å². The van der Waals surface area contributed by atoms with Crippen LogP contribution in [0.2, 0.25) is 0 Å². The largest absolute Gasteiger partial charge is 0.492 e. The van der Waals surface area contributed by atoms with Gasteiger partial charge < -0.3 is 9.47 Å². The van der Waals surface area contributed by atoms with Gasteiger partial charge in [-0.3, -0.25) is 14.6 Å². The average molecular weight is 486 g/mol. The maximum atomic E-state index is 13.6. The normalized spacial score (nSPS) is 14.5. The molecule has 0 atom stereocenters. The van der Waals surface area contributed by atoms with Crippen molar-refractivity contribution in [1.29, 1.82) is 0 Å². The number of hydrogen-bond acceptors (Lipinski definition) is 7. The fourth-order valence-electron chi connectivity index (χ4n) is 3.88. The van der Waals surface area contributed by atoms with Crippen molar-refractivity contribution >= 4 is 44.4 Å². The first-order chi connectivity index (χ1) is 16.2. The SMILES string of the molecule is CCOc1cccc2sc(N(CCCN3CCOCC3)C(=O)c3ccc(SCC)cc3)nc12. The number of amides is 1. The Morgan fingerprint density at radius 1 is 1.18 bits per heavy atom. The molecule has 1 aromatic heterocycles. The van der Waals surface area contributed by atoms with E-state index in [1.807, 2.05) is 54.3 Å². The molecule has 0 unspecified atom stereocenters. The van der Waals surface area contributed by atoms with Gasteiger partial charge in [0.1, 0.15) is 11.3 Å². The van der Waals surface area contributed by atoms with E-state index < -0.39 is 0 Å². The average Bonchev–Trinajstić information content (AvgIpc) is 3.28. The van der Waals surface area contributed by atoms with E-state index in [0.717, 1.165) is 66.1 Å². The maximum absolute atomic E-state index is 13.6. The predicted molar refractivity (Wildman–Crippen MR) is 137 cm³/mol. The molecule has 0 aliphatic carbocycles.